The quantitative estimate of drug-likeness (QED) is 0.418. The van der Waals surface area contributed by atoms with Crippen molar-refractivity contribution in [3.63, 3.8) is 0 Å². The van der Waals surface area contributed by atoms with Gasteiger partial charge >= 0.3 is 0 Å². The third kappa shape index (κ3) is 3.42. The van der Waals surface area contributed by atoms with Crippen LogP contribution in [-0.2, 0) is 0 Å². The lowest BCUT2D eigenvalue weighted by atomic mass is 10.5. The summed E-state index contributed by atoms with van der Waals surface area (Å²) in [6, 6.07) is 1.10. The van der Waals surface area contributed by atoms with E-state index in [0.717, 1.165) is 13.0 Å². The molecule has 0 fully saturated rings. The molecule has 1 unspecified atom stereocenters. The fourth-order valence-electron chi connectivity index (χ4n) is 0. The summed E-state index contributed by atoms with van der Waals surface area (Å²) in [6.07, 6.45) is -2.40. The van der Waals surface area contributed by atoms with Crippen LogP contribution in [0.25, 0.3) is 0 Å². The zero-order chi connectivity index (χ0) is 5.21. The lowest BCUT2D eigenvalue weighted by molar-refractivity contribution is 0.439. The van der Waals surface area contributed by atoms with Crippen LogP contribution < -0.4 is 0 Å². The Balaban J connectivity index is 3.55. The summed E-state index contributed by atoms with van der Waals surface area (Å²) in [4.78, 5) is 0. The van der Waals surface area contributed by atoms with E-state index in [1.807, 2.05) is 0 Å². The molecule has 0 saturated carbocycles. The molecule has 0 bridgehead atoms. The van der Waals surface area contributed by atoms with Crippen LogP contribution in [0.3, 0.4) is 0 Å². The first-order valence-corrected chi connectivity index (χ1v) is 1.16. The van der Waals surface area contributed by atoms with Gasteiger partial charge in [-0.25, -0.2) is 4.39 Å². The molecule has 0 aromatic rings. The summed E-state index contributed by atoms with van der Waals surface area (Å²) in [7, 11) is 0. The van der Waals surface area contributed by atoms with Gasteiger partial charge in [0, 0.05) is 0 Å². The van der Waals surface area contributed by atoms with Crippen LogP contribution in [0.4, 0.5) is 4.39 Å². The number of nitrogens with zero attached hydrogens (tertiary/aromatic N) is 1. The van der Waals surface area contributed by atoms with Crippen LogP contribution in [0.5, 0.6) is 0 Å². The van der Waals surface area contributed by atoms with Crippen molar-refractivity contribution >= 4 is 0 Å². The molecule has 2 heteroatoms. The van der Waals surface area contributed by atoms with Gasteiger partial charge < -0.3 is 0 Å². The maximum absolute atomic E-state index is 11.4. The molecule has 0 aliphatic heterocycles. The number of alkyl halides is 1. The highest BCUT2D eigenvalue weighted by atomic mass is 19.1. The van der Waals surface area contributed by atoms with E-state index in [0.29, 0.717) is 0 Å². The predicted molar refractivity (Wildman–Crippen MR) is 16.2 cm³/mol. The highest BCUT2D eigenvalue weighted by Crippen LogP contribution is 1.78. The standard InChI is InChI=1S/C3H4FN/c1-3(4)2-5/h3H,1H3/i3D. The molecule has 5 heavy (non-hydrogen) atoms. The van der Waals surface area contributed by atoms with Crippen LogP contribution >= 0.6 is 0 Å². The summed E-state index contributed by atoms with van der Waals surface area (Å²) < 4.78 is 17.6. The topological polar surface area (TPSA) is 23.8 Å². The Morgan fingerprint density at radius 3 is 2.60 bits per heavy atom. The minimum absolute atomic E-state index is 0.882. The minimum atomic E-state index is -2.40. The van der Waals surface area contributed by atoms with E-state index in [-0.39, 0.29) is 0 Å². The molecule has 0 saturated heterocycles. The van der Waals surface area contributed by atoms with E-state index >= 15 is 0 Å². The molecular formula is C3H4FN. The zero-order valence-electron chi connectivity index (χ0n) is 3.83. The van der Waals surface area contributed by atoms with Crippen molar-refractivity contribution in [3.8, 4) is 6.07 Å². The van der Waals surface area contributed by atoms with Crippen molar-refractivity contribution in [1.29, 1.82) is 5.26 Å². The first-order chi connectivity index (χ1) is 2.56. The number of hydrogen-bond donors (Lipinski definition) is 0. The number of nitriles is 1. The van der Waals surface area contributed by atoms with Gasteiger partial charge in [0.25, 0.3) is 0 Å². The average Bonchev–Trinajstić information content (AvgIpc) is 1.35. The van der Waals surface area contributed by atoms with Gasteiger partial charge in [0.2, 0.25) is 0 Å². The number of hydrogen-bond acceptors (Lipinski definition) is 1. The summed E-state index contributed by atoms with van der Waals surface area (Å²) >= 11 is 0. The Bertz CT molecular complexity index is 77.8. The molecule has 1 atom stereocenters. The molecule has 0 N–H and O–H groups in total. The smallest absolute Gasteiger partial charge is 0.183 e. The third-order valence-electron chi connectivity index (χ3n) is 0.154. The van der Waals surface area contributed by atoms with E-state index in [4.69, 9.17) is 6.63 Å². The molecule has 0 aliphatic carbocycles. The highest BCUT2D eigenvalue weighted by Gasteiger charge is 1.84. The SMILES string of the molecule is [2H]C(C)(F)C#N. The normalized spacial score (nSPS) is 22.2. The molecule has 0 rings (SSSR count). The first kappa shape index (κ1) is 2.65. The van der Waals surface area contributed by atoms with E-state index in [1.165, 1.54) is 0 Å². The molecule has 0 heterocycles. The monoisotopic (exact) mass is 74.0 g/mol. The summed E-state index contributed by atoms with van der Waals surface area (Å²) in [5.41, 5.74) is 0. The second-order valence-electron chi connectivity index (χ2n) is 0.645. The van der Waals surface area contributed by atoms with Gasteiger partial charge in [-0.05, 0) is 6.92 Å². The Morgan fingerprint density at radius 2 is 2.60 bits per heavy atom. The minimum Gasteiger partial charge on any atom is -0.231 e. The van der Waals surface area contributed by atoms with Crippen LogP contribution in [0, 0.1) is 11.3 Å². The molecule has 0 aromatic carbocycles. The van der Waals surface area contributed by atoms with Crippen LogP contribution in [0.2, 0.25) is 0 Å². The maximum Gasteiger partial charge on any atom is 0.183 e. The van der Waals surface area contributed by atoms with Crippen LogP contribution in [0.1, 0.15) is 8.29 Å². The van der Waals surface area contributed by atoms with Crippen LogP contribution in [0.15, 0.2) is 0 Å². The summed E-state index contributed by atoms with van der Waals surface area (Å²) in [6.45, 7) is 0.882. The molecule has 1 nitrogen and oxygen atoms in total. The van der Waals surface area contributed by atoms with Gasteiger partial charge in [0.15, 0.2) is 6.15 Å². The Labute approximate surface area is 31.4 Å². The number of rotatable bonds is 0. The second-order valence-corrected chi connectivity index (χ2v) is 0.645. The van der Waals surface area contributed by atoms with Gasteiger partial charge in [-0.2, -0.15) is 5.26 Å². The van der Waals surface area contributed by atoms with Crippen molar-refractivity contribution < 1.29 is 5.76 Å². The summed E-state index contributed by atoms with van der Waals surface area (Å²) in [5, 5.41) is 7.59. The Kier molecular flexibility index (Phi) is 0.906. The van der Waals surface area contributed by atoms with Crippen LogP contribution in [-0.4, -0.2) is 6.15 Å². The van der Waals surface area contributed by atoms with Crippen molar-refractivity contribution in [2.24, 2.45) is 0 Å². The second kappa shape index (κ2) is 1.71. The van der Waals surface area contributed by atoms with Gasteiger partial charge in [-0.15, -0.1) is 0 Å². The van der Waals surface area contributed by atoms with Crippen molar-refractivity contribution in [2.75, 3.05) is 0 Å². The van der Waals surface area contributed by atoms with Crippen molar-refractivity contribution in [3.05, 3.63) is 0 Å². The molecule has 28 valence electrons. The van der Waals surface area contributed by atoms with E-state index in [1.54, 1.807) is 0 Å². The van der Waals surface area contributed by atoms with Gasteiger partial charge in [0.05, 0.1) is 7.44 Å². The fourth-order valence-corrected chi connectivity index (χ4v) is 0. The predicted octanol–water partition coefficient (Wildman–Crippen LogP) is 0.868. The fraction of sp³-hybridized carbons (Fsp3) is 0.667. The van der Waals surface area contributed by atoms with Gasteiger partial charge in [-0.1, -0.05) is 0 Å². The lowest BCUT2D eigenvalue weighted by Gasteiger charge is -1.71. The Morgan fingerprint density at radius 1 is 2.40 bits per heavy atom. The van der Waals surface area contributed by atoms with Gasteiger partial charge in [-0.3, -0.25) is 0 Å². The third-order valence-corrected chi connectivity index (χ3v) is 0.154. The van der Waals surface area contributed by atoms with E-state index in [9.17, 15) is 4.39 Å². The average molecular weight is 74.1 g/mol. The Hall–Kier alpha value is -0.580. The van der Waals surface area contributed by atoms with E-state index < -0.39 is 6.15 Å². The highest BCUT2D eigenvalue weighted by molar-refractivity contribution is 4.76. The van der Waals surface area contributed by atoms with E-state index in [2.05, 4.69) is 0 Å². The maximum atomic E-state index is 11.4. The van der Waals surface area contributed by atoms with Crippen molar-refractivity contribution in [2.45, 2.75) is 13.1 Å². The molecule has 0 spiro atoms. The summed E-state index contributed by atoms with van der Waals surface area (Å²) in [5.74, 6) is 0. The molecule has 0 aromatic heterocycles. The molecule has 0 aliphatic rings. The lowest BCUT2D eigenvalue weighted by Crippen LogP contribution is -1.79. The van der Waals surface area contributed by atoms with Crippen molar-refractivity contribution in [1.82, 2.24) is 0 Å². The van der Waals surface area contributed by atoms with Gasteiger partial charge in [0.1, 0.15) is 0 Å². The molecule has 0 radical (unpaired) electrons. The molecular weight excluding hydrogens is 69.0 g/mol. The first-order valence-electron chi connectivity index (χ1n) is 1.66. The zero-order valence-corrected chi connectivity index (χ0v) is 2.83. The largest absolute Gasteiger partial charge is 0.231 e. The number of halogens is 1. The molecule has 0 amide bonds.